The fraction of sp³-hybridized carbons (Fsp3) is 0. The van der Waals surface area contributed by atoms with Gasteiger partial charge in [0.1, 0.15) is 5.76 Å². The molecule has 1 aromatic heterocycles. The molecule has 0 atom stereocenters. The Labute approximate surface area is 130 Å². The van der Waals surface area contributed by atoms with E-state index in [0.29, 0.717) is 10.9 Å². The summed E-state index contributed by atoms with van der Waals surface area (Å²) in [4.78, 5) is 9.10. The number of hydrogen-bond donors (Lipinski definition) is 0. The van der Waals surface area contributed by atoms with E-state index in [0.717, 1.165) is 27.4 Å². The van der Waals surface area contributed by atoms with Crippen LogP contribution in [0.3, 0.4) is 0 Å². The molecule has 2 heterocycles. The van der Waals surface area contributed by atoms with Crippen LogP contribution < -0.4 is 4.74 Å². The molecule has 4 rings (SSSR count). The van der Waals surface area contributed by atoms with Crippen molar-refractivity contribution in [1.82, 2.24) is 9.97 Å². The zero-order valence-electron chi connectivity index (χ0n) is 10.8. The zero-order valence-corrected chi connectivity index (χ0v) is 12.4. The van der Waals surface area contributed by atoms with Gasteiger partial charge in [-0.1, -0.05) is 35.5 Å². The Hall–Kier alpha value is -2.04. The van der Waals surface area contributed by atoms with E-state index in [9.17, 15) is 0 Å². The number of ether oxygens (including phenoxy) is 1. The fourth-order valence-electron chi connectivity index (χ4n) is 2.09. The molecule has 21 heavy (non-hydrogen) atoms. The molecule has 3 aromatic rings. The maximum Gasteiger partial charge on any atom is 0.253 e. The molecular weight excluding hydrogens is 304 g/mol. The average molecular weight is 313 g/mol. The van der Waals surface area contributed by atoms with Crippen LogP contribution in [0.25, 0.3) is 16.8 Å². The Morgan fingerprint density at radius 2 is 1.62 bits per heavy atom. The number of fused-ring (bicyclic) bond motifs is 2. The lowest BCUT2D eigenvalue weighted by molar-refractivity contribution is 0.475. The van der Waals surface area contributed by atoms with Gasteiger partial charge in [-0.3, -0.25) is 0 Å². The van der Waals surface area contributed by atoms with Gasteiger partial charge in [-0.05, 0) is 36.4 Å². The van der Waals surface area contributed by atoms with E-state index >= 15 is 0 Å². The third-order valence-electron chi connectivity index (χ3n) is 3.12. The molecule has 3 nitrogen and oxygen atoms in total. The lowest BCUT2D eigenvalue weighted by atomic mass is 10.2. The van der Waals surface area contributed by atoms with Crippen LogP contribution in [0.2, 0.25) is 5.02 Å². The number of para-hydroxylation sites is 2. The first-order chi connectivity index (χ1) is 10.3. The molecule has 0 saturated carbocycles. The maximum atomic E-state index is 5.91. The highest BCUT2D eigenvalue weighted by Gasteiger charge is 2.18. The number of thioether (sulfide) groups is 1. The zero-order chi connectivity index (χ0) is 14.2. The van der Waals surface area contributed by atoms with E-state index in [2.05, 4.69) is 9.97 Å². The number of nitrogens with zero attached hydrogens (tertiary/aromatic N) is 2. The van der Waals surface area contributed by atoms with Crippen LogP contribution in [-0.4, -0.2) is 9.97 Å². The minimum atomic E-state index is 0.547. The number of rotatable bonds is 1. The van der Waals surface area contributed by atoms with Crippen molar-refractivity contribution >= 4 is 40.2 Å². The molecule has 5 heteroatoms. The van der Waals surface area contributed by atoms with Gasteiger partial charge >= 0.3 is 0 Å². The van der Waals surface area contributed by atoms with Gasteiger partial charge in [-0.2, -0.15) is 0 Å². The van der Waals surface area contributed by atoms with E-state index in [-0.39, 0.29) is 0 Å². The molecule has 0 spiro atoms. The van der Waals surface area contributed by atoms with Crippen LogP contribution >= 0.6 is 23.4 Å². The standard InChI is InChI=1S/C16H9ClN2OS/c17-11-7-5-10(6-8-11)14-9-21-16-15(20-14)18-12-3-1-2-4-13(12)19-16/h1-9H. The Morgan fingerprint density at radius 3 is 2.38 bits per heavy atom. The average Bonchev–Trinajstić information content (AvgIpc) is 2.53. The summed E-state index contributed by atoms with van der Waals surface area (Å²) in [5.41, 5.74) is 2.66. The first-order valence-corrected chi connectivity index (χ1v) is 7.63. The van der Waals surface area contributed by atoms with Crippen LogP contribution in [0.15, 0.2) is 59.0 Å². The normalized spacial score (nSPS) is 13.5. The summed E-state index contributed by atoms with van der Waals surface area (Å²) < 4.78 is 5.89. The molecule has 0 amide bonds. The molecule has 0 bridgehead atoms. The first-order valence-electron chi connectivity index (χ1n) is 6.37. The largest absolute Gasteiger partial charge is 0.435 e. The summed E-state index contributed by atoms with van der Waals surface area (Å²) in [6.45, 7) is 0. The Kier molecular flexibility index (Phi) is 3.05. The van der Waals surface area contributed by atoms with E-state index in [1.807, 2.05) is 53.9 Å². The predicted molar refractivity (Wildman–Crippen MR) is 85.5 cm³/mol. The summed E-state index contributed by atoms with van der Waals surface area (Å²) in [6, 6.07) is 15.3. The van der Waals surface area contributed by atoms with Gasteiger partial charge in [0.25, 0.3) is 5.88 Å². The van der Waals surface area contributed by atoms with Gasteiger partial charge in [0.2, 0.25) is 0 Å². The molecule has 0 aliphatic carbocycles. The third kappa shape index (κ3) is 2.37. The van der Waals surface area contributed by atoms with Crippen LogP contribution in [0.5, 0.6) is 5.88 Å². The molecular formula is C16H9ClN2OS. The van der Waals surface area contributed by atoms with Crippen molar-refractivity contribution in [2.75, 3.05) is 0 Å². The van der Waals surface area contributed by atoms with Crippen molar-refractivity contribution in [3.05, 3.63) is 64.5 Å². The second kappa shape index (κ2) is 5.06. The second-order valence-corrected chi connectivity index (χ2v) is 5.83. The maximum absolute atomic E-state index is 5.91. The van der Waals surface area contributed by atoms with Crippen LogP contribution in [-0.2, 0) is 0 Å². The quantitative estimate of drug-likeness (QED) is 0.648. The molecule has 1 aliphatic heterocycles. The number of aromatic nitrogens is 2. The monoisotopic (exact) mass is 312 g/mol. The van der Waals surface area contributed by atoms with Gasteiger partial charge in [0.05, 0.1) is 11.0 Å². The Balaban J connectivity index is 1.74. The lowest BCUT2D eigenvalue weighted by Gasteiger charge is -2.16. The molecule has 2 aromatic carbocycles. The molecule has 0 unspecified atom stereocenters. The van der Waals surface area contributed by atoms with Gasteiger partial charge in [0.15, 0.2) is 5.03 Å². The minimum absolute atomic E-state index is 0.547. The summed E-state index contributed by atoms with van der Waals surface area (Å²) >= 11 is 7.43. The Morgan fingerprint density at radius 1 is 0.905 bits per heavy atom. The van der Waals surface area contributed by atoms with Crippen molar-refractivity contribution in [1.29, 1.82) is 0 Å². The highest BCUT2D eigenvalue weighted by atomic mass is 35.5. The van der Waals surface area contributed by atoms with E-state index in [1.165, 1.54) is 11.8 Å². The van der Waals surface area contributed by atoms with Crippen LogP contribution in [0.1, 0.15) is 5.56 Å². The SMILES string of the molecule is Clc1ccc(C2=CSc3nc4ccccc4nc3O2)cc1. The van der Waals surface area contributed by atoms with Crippen LogP contribution in [0, 0.1) is 0 Å². The predicted octanol–water partition coefficient (Wildman–Crippen LogP) is 4.77. The van der Waals surface area contributed by atoms with Crippen molar-refractivity contribution < 1.29 is 4.74 Å². The number of benzene rings is 2. The van der Waals surface area contributed by atoms with Gasteiger partial charge in [-0.25, -0.2) is 9.97 Å². The number of hydrogen-bond acceptors (Lipinski definition) is 4. The summed E-state index contributed by atoms with van der Waals surface area (Å²) in [5, 5.41) is 3.43. The molecule has 102 valence electrons. The molecule has 0 N–H and O–H groups in total. The van der Waals surface area contributed by atoms with Crippen molar-refractivity contribution in [3.63, 3.8) is 0 Å². The van der Waals surface area contributed by atoms with E-state index in [4.69, 9.17) is 16.3 Å². The summed E-state index contributed by atoms with van der Waals surface area (Å²) in [5.74, 6) is 1.31. The van der Waals surface area contributed by atoms with Crippen molar-refractivity contribution in [2.45, 2.75) is 5.03 Å². The first kappa shape index (κ1) is 12.7. The summed E-state index contributed by atoms with van der Waals surface area (Å²) in [6.07, 6.45) is 0. The highest BCUT2D eigenvalue weighted by molar-refractivity contribution is 8.02. The van der Waals surface area contributed by atoms with Gasteiger partial charge in [0, 0.05) is 16.0 Å². The highest BCUT2D eigenvalue weighted by Crippen LogP contribution is 2.37. The summed E-state index contributed by atoms with van der Waals surface area (Å²) in [7, 11) is 0. The van der Waals surface area contributed by atoms with Gasteiger partial charge < -0.3 is 4.74 Å². The van der Waals surface area contributed by atoms with Crippen LogP contribution in [0.4, 0.5) is 0 Å². The second-order valence-electron chi connectivity index (χ2n) is 4.53. The Bertz CT molecular complexity index is 862. The minimum Gasteiger partial charge on any atom is -0.435 e. The van der Waals surface area contributed by atoms with E-state index < -0.39 is 0 Å². The molecule has 0 saturated heterocycles. The third-order valence-corrected chi connectivity index (χ3v) is 4.19. The topological polar surface area (TPSA) is 35.0 Å². The molecule has 0 radical (unpaired) electrons. The fourth-order valence-corrected chi connectivity index (χ4v) is 2.96. The molecule has 1 aliphatic rings. The molecule has 0 fully saturated rings. The number of halogens is 1. The van der Waals surface area contributed by atoms with Crippen molar-refractivity contribution in [3.8, 4) is 5.88 Å². The van der Waals surface area contributed by atoms with E-state index in [1.54, 1.807) is 0 Å². The van der Waals surface area contributed by atoms with Crippen molar-refractivity contribution in [2.24, 2.45) is 0 Å². The van der Waals surface area contributed by atoms with Gasteiger partial charge in [-0.15, -0.1) is 0 Å². The smallest absolute Gasteiger partial charge is 0.253 e. The lowest BCUT2D eigenvalue weighted by Crippen LogP contribution is -2.03.